The molecule has 1 aromatic carbocycles. The number of rotatable bonds is 6. The molecule has 0 aliphatic carbocycles. The van der Waals surface area contributed by atoms with Gasteiger partial charge in [0.15, 0.2) is 17.7 Å². The molecule has 0 aromatic heterocycles. The van der Waals surface area contributed by atoms with Gasteiger partial charge < -0.3 is 10.1 Å². The summed E-state index contributed by atoms with van der Waals surface area (Å²) in [6, 6.07) is 4.89. The van der Waals surface area contributed by atoms with E-state index in [9.17, 15) is 18.8 Å². The van der Waals surface area contributed by atoms with Gasteiger partial charge in [-0.25, -0.2) is 4.39 Å². The molecule has 0 aliphatic heterocycles. The summed E-state index contributed by atoms with van der Waals surface area (Å²) in [7, 11) is 0. The van der Waals surface area contributed by atoms with Gasteiger partial charge in [0.25, 0.3) is 11.8 Å². The molecule has 0 bridgehead atoms. The number of hydrazine groups is 1. The van der Waals surface area contributed by atoms with Crippen LogP contribution in [0.5, 0.6) is 5.75 Å². The van der Waals surface area contributed by atoms with E-state index in [0.29, 0.717) is 0 Å². The number of hydrogen-bond acceptors (Lipinski definition) is 4. The highest BCUT2D eigenvalue weighted by Crippen LogP contribution is 2.16. The lowest BCUT2D eigenvalue weighted by Crippen LogP contribution is -2.55. The zero-order valence-corrected chi connectivity index (χ0v) is 14.1. The molecule has 0 saturated heterocycles. The number of nitrogens with one attached hydrogen (secondary N) is 3. The first-order valence-electron chi connectivity index (χ1n) is 7.50. The molecule has 24 heavy (non-hydrogen) atoms. The number of carbonyl (C=O) groups excluding carboxylic acids is 3. The summed E-state index contributed by atoms with van der Waals surface area (Å²) in [6.45, 7) is 6.23. The molecule has 1 aromatic rings. The fourth-order valence-corrected chi connectivity index (χ4v) is 1.84. The fourth-order valence-electron chi connectivity index (χ4n) is 1.84. The molecule has 2 atom stereocenters. The third-order valence-electron chi connectivity index (χ3n) is 3.13. The molecule has 7 nitrogen and oxygen atoms in total. The SMILES string of the molecule is CC(=O)N[C@@H](C(=O)NNC(=O)[C@H](C)Oc1ccccc1F)C(C)C. The van der Waals surface area contributed by atoms with Crippen LogP contribution >= 0.6 is 0 Å². The van der Waals surface area contributed by atoms with Crippen LogP contribution in [0.1, 0.15) is 27.7 Å². The zero-order valence-electron chi connectivity index (χ0n) is 14.1. The van der Waals surface area contributed by atoms with E-state index >= 15 is 0 Å². The average Bonchev–Trinajstić information content (AvgIpc) is 2.51. The van der Waals surface area contributed by atoms with E-state index in [0.717, 1.165) is 0 Å². The molecule has 0 aliphatic rings. The summed E-state index contributed by atoms with van der Waals surface area (Å²) in [5.41, 5.74) is 4.42. The number of ether oxygens (including phenoxy) is 1. The number of benzene rings is 1. The van der Waals surface area contributed by atoms with E-state index < -0.39 is 29.8 Å². The highest BCUT2D eigenvalue weighted by atomic mass is 19.1. The second kappa shape index (κ2) is 8.85. The quantitative estimate of drug-likeness (QED) is 0.671. The molecule has 8 heteroatoms. The predicted octanol–water partition coefficient (Wildman–Crippen LogP) is 0.901. The van der Waals surface area contributed by atoms with Crippen LogP contribution in [0.2, 0.25) is 0 Å². The smallest absolute Gasteiger partial charge is 0.279 e. The zero-order chi connectivity index (χ0) is 18.3. The van der Waals surface area contributed by atoms with Gasteiger partial charge in [0.2, 0.25) is 5.91 Å². The topological polar surface area (TPSA) is 96.5 Å². The molecule has 0 radical (unpaired) electrons. The fraction of sp³-hybridized carbons (Fsp3) is 0.438. The molecule has 132 valence electrons. The normalized spacial score (nSPS) is 12.9. The molecule has 0 spiro atoms. The standard InChI is InChI=1S/C16H22FN3O4/c1-9(2)14(18-11(4)21)16(23)20-19-15(22)10(3)24-13-8-6-5-7-12(13)17/h5-10,14H,1-4H3,(H,18,21)(H,19,22)(H,20,23)/t10-,14+/m0/s1. The van der Waals surface area contributed by atoms with Crippen molar-refractivity contribution in [3.8, 4) is 5.75 Å². The van der Waals surface area contributed by atoms with Crippen molar-refractivity contribution in [2.75, 3.05) is 0 Å². The Labute approximate surface area is 139 Å². The Morgan fingerprint density at radius 3 is 2.17 bits per heavy atom. The first kappa shape index (κ1) is 19.4. The second-order valence-corrected chi connectivity index (χ2v) is 5.59. The summed E-state index contributed by atoms with van der Waals surface area (Å²) >= 11 is 0. The summed E-state index contributed by atoms with van der Waals surface area (Å²) in [5.74, 6) is -2.40. The molecule has 1 rings (SSSR count). The third-order valence-corrected chi connectivity index (χ3v) is 3.13. The number of hydrogen-bond donors (Lipinski definition) is 3. The monoisotopic (exact) mass is 339 g/mol. The van der Waals surface area contributed by atoms with Crippen molar-refractivity contribution in [1.29, 1.82) is 0 Å². The number of halogens is 1. The van der Waals surface area contributed by atoms with E-state index in [1.807, 2.05) is 0 Å². The average molecular weight is 339 g/mol. The van der Waals surface area contributed by atoms with Crippen molar-refractivity contribution < 1.29 is 23.5 Å². The van der Waals surface area contributed by atoms with Crippen molar-refractivity contribution in [3.63, 3.8) is 0 Å². The number of para-hydroxylation sites is 1. The van der Waals surface area contributed by atoms with Crippen LogP contribution in [0.25, 0.3) is 0 Å². The first-order valence-corrected chi connectivity index (χ1v) is 7.50. The van der Waals surface area contributed by atoms with Gasteiger partial charge in [-0.1, -0.05) is 26.0 Å². The highest BCUT2D eigenvalue weighted by molar-refractivity contribution is 5.89. The minimum atomic E-state index is -1.03. The molecule has 3 amide bonds. The lowest BCUT2D eigenvalue weighted by atomic mass is 10.0. The van der Waals surface area contributed by atoms with E-state index in [4.69, 9.17) is 4.74 Å². The van der Waals surface area contributed by atoms with Crippen LogP contribution in [0, 0.1) is 11.7 Å². The van der Waals surface area contributed by atoms with E-state index in [1.165, 1.54) is 32.0 Å². The van der Waals surface area contributed by atoms with Gasteiger partial charge in [-0.15, -0.1) is 0 Å². The van der Waals surface area contributed by atoms with Crippen molar-refractivity contribution in [1.82, 2.24) is 16.2 Å². The molecular weight excluding hydrogens is 317 g/mol. The lowest BCUT2D eigenvalue weighted by molar-refractivity contribution is -0.135. The van der Waals surface area contributed by atoms with Crippen LogP contribution < -0.4 is 20.9 Å². The Morgan fingerprint density at radius 2 is 1.62 bits per heavy atom. The van der Waals surface area contributed by atoms with Gasteiger partial charge in [0, 0.05) is 6.92 Å². The molecule has 3 N–H and O–H groups in total. The summed E-state index contributed by atoms with van der Waals surface area (Å²) in [6.07, 6.45) is -1.03. The first-order chi connectivity index (χ1) is 11.2. The Hall–Kier alpha value is -2.64. The summed E-state index contributed by atoms with van der Waals surface area (Å²) in [4.78, 5) is 35.0. The maximum Gasteiger partial charge on any atom is 0.279 e. The Kier molecular flexibility index (Phi) is 7.16. The van der Waals surface area contributed by atoms with Gasteiger partial charge in [0.05, 0.1) is 0 Å². The van der Waals surface area contributed by atoms with Crippen molar-refractivity contribution in [2.45, 2.75) is 39.8 Å². The largest absolute Gasteiger partial charge is 0.478 e. The maximum absolute atomic E-state index is 13.5. The van der Waals surface area contributed by atoms with Crippen LogP contribution in [0.3, 0.4) is 0 Å². The minimum absolute atomic E-state index is 0.0650. The van der Waals surface area contributed by atoms with Gasteiger partial charge >= 0.3 is 0 Å². The van der Waals surface area contributed by atoms with E-state index in [2.05, 4.69) is 16.2 Å². The van der Waals surface area contributed by atoms with Gasteiger partial charge in [-0.2, -0.15) is 0 Å². The molecule has 0 heterocycles. The molecule has 0 unspecified atom stereocenters. The number of carbonyl (C=O) groups is 3. The lowest BCUT2D eigenvalue weighted by Gasteiger charge is -2.22. The van der Waals surface area contributed by atoms with Crippen LogP contribution in [-0.2, 0) is 14.4 Å². The van der Waals surface area contributed by atoms with Crippen molar-refractivity contribution >= 4 is 17.7 Å². The van der Waals surface area contributed by atoms with Crippen LogP contribution in [0.15, 0.2) is 24.3 Å². The Bertz CT molecular complexity index is 607. The minimum Gasteiger partial charge on any atom is -0.478 e. The number of amides is 3. The van der Waals surface area contributed by atoms with Crippen molar-refractivity contribution in [2.24, 2.45) is 5.92 Å². The molecule has 0 saturated carbocycles. The Morgan fingerprint density at radius 1 is 1.04 bits per heavy atom. The van der Waals surface area contributed by atoms with Gasteiger partial charge in [-0.3, -0.25) is 25.2 Å². The van der Waals surface area contributed by atoms with Crippen LogP contribution in [-0.4, -0.2) is 29.9 Å². The van der Waals surface area contributed by atoms with E-state index in [1.54, 1.807) is 19.9 Å². The summed E-state index contributed by atoms with van der Waals surface area (Å²) in [5, 5.41) is 2.50. The third kappa shape index (κ3) is 5.86. The van der Waals surface area contributed by atoms with Crippen molar-refractivity contribution in [3.05, 3.63) is 30.1 Å². The van der Waals surface area contributed by atoms with Gasteiger partial charge in [0.1, 0.15) is 6.04 Å². The molecule has 0 fully saturated rings. The maximum atomic E-state index is 13.5. The van der Waals surface area contributed by atoms with Gasteiger partial charge in [-0.05, 0) is 25.0 Å². The highest BCUT2D eigenvalue weighted by Gasteiger charge is 2.24. The summed E-state index contributed by atoms with van der Waals surface area (Å²) < 4.78 is 18.7. The van der Waals surface area contributed by atoms with Crippen LogP contribution in [0.4, 0.5) is 4.39 Å². The second-order valence-electron chi connectivity index (χ2n) is 5.59. The molecular formula is C16H22FN3O4. The predicted molar refractivity (Wildman–Crippen MR) is 85.2 cm³/mol. The van der Waals surface area contributed by atoms with E-state index in [-0.39, 0.29) is 17.6 Å². The Balaban J connectivity index is 2.56.